The normalized spacial score (nSPS) is 47.3. The zero-order chi connectivity index (χ0) is 17.1. The Morgan fingerprint density at radius 2 is 1.83 bits per heavy atom. The standard InChI is InChI=1S/C21H30O3/c1-13(22)24-15-8-10-20(2)14(12-15)4-5-16-17-6-7-19(23)21(17,3)11-9-18(16)20/h4,15-18H,5-12H2,1-3H3/t15-,16+,17+,18+,20-,21+/m0/s1. The number of allylic oxidation sites excluding steroid dienone is 1. The second kappa shape index (κ2) is 5.44. The highest BCUT2D eigenvalue weighted by molar-refractivity contribution is 5.87. The lowest BCUT2D eigenvalue weighted by Gasteiger charge is -2.56. The number of hydrogen-bond donors (Lipinski definition) is 0. The van der Waals surface area contributed by atoms with Crippen molar-refractivity contribution >= 4 is 11.8 Å². The molecule has 0 aromatic carbocycles. The van der Waals surface area contributed by atoms with Crippen molar-refractivity contribution < 1.29 is 14.3 Å². The van der Waals surface area contributed by atoms with Gasteiger partial charge in [-0.3, -0.25) is 9.59 Å². The third kappa shape index (κ3) is 2.23. The molecule has 4 aliphatic carbocycles. The van der Waals surface area contributed by atoms with Crippen LogP contribution in [0.4, 0.5) is 0 Å². The molecule has 0 saturated heterocycles. The Bertz CT molecular complexity index is 606. The molecule has 0 unspecified atom stereocenters. The average molecular weight is 330 g/mol. The van der Waals surface area contributed by atoms with E-state index in [4.69, 9.17) is 4.74 Å². The Balaban J connectivity index is 1.60. The van der Waals surface area contributed by atoms with Crippen molar-refractivity contribution in [3.8, 4) is 0 Å². The zero-order valence-corrected chi connectivity index (χ0v) is 15.3. The summed E-state index contributed by atoms with van der Waals surface area (Å²) in [5, 5.41) is 0. The molecule has 0 heterocycles. The molecule has 6 atom stereocenters. The maximum atomic E-state index is 12.4. The molecule has 4 rings (SSSR count). The first-order valence-corrected chi connectivity index (χ1v) is 9.74. The molecular formula is C21H30O3. The number of fused-ring (bicyclic) bond motifs is 5. The summed E-state index contributed by atoms with van der Waals surface area (Å²) in [7, 11) is 0. The summed E-state index contributed by atoms with van der Waals surface area (Å²) in [6, 6.07) is 0. The zero-order valence-electron chi connectivity index (χ0n) is 15.3. The third-order valence-corrected chi connectivity index (χ3v) is 8.10. The fourth-order valence-electron chi connectivity index (χ4n) is 6.73. The lowest BCUT2D eigenvalue weighted by molar-refractivity contribution is -0.148. The van der Waals surface area contributed by atoms with Crippen LogP contribution in [0.2, 0.25) is 0 Å². The maximum Gasteiger partial charge on any atom is 0.302 e. The molecule has 0 N–H and O–H groups in total. The first kappa shape index (κ1) is 16.4. The van der Waals surface area contributed by atoms with Crippen LogP contribution in [0.15, 0.2) is 11.6 Å². The second-order valence-electron chi connectivity index (χ2n) is 9.15. The molecule has 132 valence electrons. The van der Waals surface area contributed by atoms with Gasteiger partial charge in [0.25, 0.3) is 0 Å². The minimum Gasteiger partial charge on any atom is -0.462 e. The molecule has 0 bridgehead atoms. The third-order valence-electron chi connectivity index (χ3n) is 8.10. The molecule has 3 nitrogen and oxygen atoms in total. The molecule has 3 saturated carbocycles. The Hall–Kier alpha value is -1.12. The van der Waals surface area contributed by atoms with E-state index in [0.29, 0.717) is 23.5 Å². The predicted molar refractivity (Wildman–Crippen MR) is 92.3 cm³/mol. The highest BCUT2D eigenvalue weighted by Crippen LogP contribution is 2.64. The van der Waals surface area contributed by atoms with Gasteiger partial charge in [-0.1, -0.05) is 25.5 Å². The SMILES string of the molecule is CC(=O)O[C@H]1CC[C@@]2(C)C(=CC[C@@H]3[C@H]4CCC(=O)[C@]4(C)CC[C@H]32)C1. The van der Waals surface area contributed by atoms with Gasteiger partial charge in [0.05, 0.1) is 0 Å². The number of carbonyl (C=O) groups excluding carboxylic acids is 2. The highest BCUT2D eigenvalue weighted by Gasteiger charge is 2.58. The largest absolute Gasteiger partial charge is 0.462 e. The minimum atomic E-state index is -0.157. The molecule has 0 aliphatic heterocycles. The molecule has 0 aromatic rings. The van der Waals surface area contributed by atoms with Gasteiger partial charge >= 0.3 is 5.97 Å². The van der Waals surface area contributed by atoms with Crippen molar-refractivity contribution in [3.05, 3.63) is 11.6 Å². The summed E-state index contributed by atoms with van der Waals surface area (Å²) in [4.78, 5) is 23.7. The number of esters is 1. The molecule has 3 fully saturated rings. The van der Waals surface area contributed by atoms with Crippen LogP contribution in [0.25, 0.3) is 0 Å². The van der Waals surface area contributed by atoms with Crippen LogP contribution >= 0.6 is 0 Å². The average Bonchev–Trinajstić information content (AvgIpc) is 2.83. The van der Waals surface area contributed by atoms with Gasteiger partial charge in [-0.2, -0.15) is 0 Å². The van der Waals surface area contributed by atoms with Crippen molar-refractivity contribution in [3.63, 3.8) is 0 Å². The molecule has 24 heavy (non-hydrogen) atoms. The van der Waals surface area contributed by atoms with Gasteiger partial charge in [0.1, 0.15) is 11.9 Å². The molecule has 4 aliphatic rings. The summed E-state index contributed by atoms with van der Waals surface area (Å²) >= 11 is 0. The molecular weight excluding hydrogens is 300 g/mol. The summed E-state index contributed by atoms with van der Waals surface area (Å²) < 4.78 is 5.50. The minimum absolute atomic E-state index is 0.0438. The Morgan fingerprint density at radius 1 is 1.12 bits per heavy atom. The van der Waals surface area contributed by atoms with Gasteiger partial charge in [-0.15, -0.1) is 0 Å². The number of carbonyl (C=O) groups is 2. The van der Waals surface area contributed by atoms with Crippen LogP contribution in [0.3, 0.4) is 0 Å². The van der Waals surface area contributed by atoms with Crippen molar-refractivity contribution in [1.29, 1.82) is 0 Å². The van der Waals surface area contributed by atoms with E-state index >= 15 is 0 Å². The Morgan fingerprint density at radius 3 is 2.58 bits per heavy atom. The maximum absolute atomic E-state index is 12.4. The van der Waals surface area contributed by atoms with E-state index in [-0.39, 0.29) is 22.9 Å². The van der Waals surface area contributed by atoms with E-state index in [9.17, 15) is 9.59 Å². The van der Waals surface area contributed by atoms with Crippen molar-refractivity contribution in [2.75, 3.05) is 0 Å². The molecule has 0 spiro atoms. The fourth-order valence-corrected chi connectivity index (χ4v) is 6.73. The highest BCUT2D eigenvalue weighted by atomic mass is 16.5. The quantitative estimate of drug-likeness (QED) is 0.527. The predicted octanol–water partition coefficient (Wildman–Crippen LogP) is 4.45. The van der Waals surface area contributed by atoms with Crippen LogP contribution in [-0.4, -0.2) is 17.9 Å². The summed E-state index contributed by atoms with van der Waals surface area (Å²) in [6.45, 7) is 6.19. The molecule has 0 aromatic heterocycles. The van der Waals surface area contributed by atoms with Gasteiger partial charge in [0, 0.05) is 25.2 Å². The lowest BCUT2D eigenvalue weighted by atomic mass is 9.48. The van der Waals surface area contributed by atoms with E-state index in [1.165, 1.54) is 18.9 Å². The van der Waals surface area contributed by atoms with E-state index < -0.39 is 0 Å². The first-order valence-electron chi connectivity index (χ1n) is 9.74. The van der Waals surface area contributed by atoms with E-state index in [0.717, 1.165) is 44.9 Å². The van der Waals surface area contributed by atoms with Crippen molar-refractivity contribution in [2.24, 2.45) is 28.6 Å². The van der Waals surface area contributed by atoms with Crippen molar-refractivity contribution in [2.45, 2.75) is 78.2 Å². The molecule has 0 amide bonds. The molecule has 3 heteroatoms. The van der Waals surface area contributed by atoms with Crippen LogP contribution in [0.5, 0.6) is 0 Å². The summed E-state index contributed by atoms with van der Waals surface area (Å²) in [5.74, 6) is 2.33. The van der Waals surface area contributed by atoms with E-state index in [1.807, 2.05) is 0 Å². The number of rotatable bonds is 1. The number of hydrogen-bond acceptors (Lipinski definition) is 3. The van der Waals surface area contributed by atoms with Gasteiger partial charge < -0.3 is 4.74 Å². The topological polar surface area (TPSA) is 43.4 Å². The van der Waals surface area contributed by atoms with Crippen LogP contribution in [-0.2, 0) is 14.3 Å². The van der Waals surface area contributed by atoms with Gasteiger partial charge in [-0.25, -0.2) is 0 Å². The molecule has 0 radical (unpaired) electrons. The Kier molecular flexibility index (Phi) is 3.71. The number of ketones is 1. The fraction of sp³-hybridized carbons (Fsp3) is 0.810. The second-order valence-corrected chi connectivity index (χ2v) is 9.15. The Labute approximate surface area is 145 Å². The smallest absolute Gasteiger partial charge is 0.302 e. The van der Waals surface area contributed by atoms with E-state index in [2.05, 4.69) is 19.9 Å². The van der Waals surface area contributed by atoms with Gasteiger partial charge in [0.2, 0.25) is 0 Å². The summed E-state index contributed by atoms with van der Waals surface area (Å²) in [5.41, 5.74) is 1.74. The summed E-state index contributed by atoms with van der Waals surface area (Å²) in [6.07, 6.45) is 10.8. The van der Waals surface area contributed by atoms with Crippen molar-refractivity contribution in [1.82, 2.24) is 0 Å². The van der Waals surface area contributed by atoms with Gasteiger partial charge in [0.15, 0.2) is 0 Å². The number of Topliss-reactive ketones (excluding diaryl/α,β-unsaturated/α-hetero) is 1. The van der Waals surface area contributed by atoms with E-state index in [1.54, 1.807) is 0 Å². The first-order chi connectivity index (χ1) is 11.3. The van der Waals surface area contributed by atoms with Crippen LogP contribution in [0.1, 0.15) is 72.1 Å². The number of ether oxygens (including phenoxy) is 1. The van der Waals surface area contributed by atoms with Crippen LogP contribution in [0, 0.1) is 28.6 Å². The monoisotopic (exact) mass is 330 g/mol. The van der Waals surface area contributed by atoms with Crippen LogP contribution < -0.4 is 0 Å². The van der Waals surface area contributed by atoms with Gasteiger partial charge in [-0.05, 0) is 61.7 Å². The lowest BCUT2D eigenvalue weighted by Crippen LogP contribution is -2.50.